The summed E-state index contributed by atoms with van der Waals surface area (Å²) >= 11 is 0. The Labute approximate surface area is 103 Å². The predicted octanol–water partition coefficient (Wildman–Crippen LogP) is 2.52. The van der Waals surface area contributed by atoms with E-state index in [1.807, 2.05) is 12.1 Å². The van der Waals surface area contributed by atoms with Crippen molar-refractivity contribution in [2.24, 2.45) is 0 Å². The third-order valence-corrected chi connectivity index (χ3v) is 3.29. The predicted molar refractivity (Wildman–Crippen MR) is 68.4 cm³/mol. The highest BCUT2D eigenvalue weighted by molar-refractivity contribution is 5.37. The van der Waals surface area contributed by atoms with E-state index in [-0.39, 0.29) is 5.60 Å². The van der Waals surface area contributed by atoms with Crippen LogP contribution >= 0.6 is 0 Å². The second kappa shape index (κ2) is 5.07. The number of nitrogens with one attached hydrogen (secondary N) is 1. The first kappa shape index (κ1) is 12.4. The normalized spacial score (nSPS) is 19.6. The van der Waals surface area contributed by atoms with E-state index < -0.39 is 0 Å². The lowest BCUT2D eigenvalue weighted by atomic mass is 9.99. The van der Waals surface area contributed by atoms with Gasteiger partial charge in [-0.1, -0.05) is 18.2 Å². The van der Waals surface area contributed by atoms with Crippen molar-refractivity contribution >= 4 is 0 Å². The fourth-order valence-electron chi connectivity index (χ4n) is 2.00. The lowest BCUT2D eigenvalue weighted by molar-refractivity contribution is 0.0198. The Balaban J connectivity index is 2.04. The third-order valence-electron chi connectivity index (χ3n) is 3.29. The van der Waals surface area contributed by atoms with Crippen LogP contribution in [0.4, 0.5) is 0 Å². The van der Waals surface area contributed by atoms with Gasteiger partial charge in [-0.05, 0) is 19.9 Å². The zero-order chi connectivity index (χ0) is 12.3. The van der Waals surface area contributed by atoms with E-state index in [2.05, 4.69) is 31.3 Å². The van der Waals surface area contributed by atoms with Crippen LogP contribution in [0.1, 0.15) is 31.9 Å². The van der Waals surface area contributed by atoms with Crippen molar-refractivity contribution in [1.82, 2.24) is 5.32 Å². The van der Waals surface area contributed by atoms with Crippen molar-refractivity contribution in [3.63, 3.8) is 0 Å². The molecule has 1 aromatic rings. The standard InChI is InChI=1S/C14H21NO2/c1-14(2,16-3)10-15-12-8-9-17-13-7-5-4-6-11(12)13/h4-7,12,15H,8-10H2,1-3H3. The topological polar surface area (TPSA) is 30.5 Å². The van der Waals surface area contributed by atoms with Crippen LogP contribution in [0, 0.1) is 0 Å². The lowest BCUT2D eigenvalue weighted by Gasteiger charge is -2.30. The first-order valence-corrected chi connectivity index (χ1v) is 6.13. The molecule has 94 valence electrons. The molecule has 3 nitrogen and oxygen atoms in total. The minimum absolute atomic E-state index is 0.132. The smallest absolute Gasteiger partial charge is 0.124 e. The molecule has 0 aromatic heterocycles. The fourth-order valence-corrected chi connectivity index (χ4v) is 2.00. The number of para-hydroxylation sites is 1. The van der Waals surface area contributed by atoms with Gasteiger partial charge in [0.2, 0.25) is 0 Å². The minimum Gasteiger partial charge on any atom is -0.493 e. The highest BCUT2D eigenvalue weighted by atomic mass is 16.5. The zero-order valence-corrected chi connectivity index (χ0v) is 10.8. The van der Waals surface area contributed by atoms with E-state index in [0.29, 0.717) is 6.04 Å². The van der Waals surface area contributed by atoms with E-state index in [0.717, 1.165) is 25.3 Å². The molecule has 1 aromatic carbocycles. The molecule has 2 rings (SSSR count). The average molecular weight is 235 g/mol. The van der Waals surface area contributed by atoms with Gasteiger partial charge in [-0.15, -0.1) is 0 Å². The van der Waals surface area contributed by atoms with Gasteiger partial charge in [-0.2, -0.15) is 0 Å². The van der Waals surface area contributed by atoms with E-state index in [1.165, 1.54) is 5.56 Å². The summed E-state index contributed by atoms with van der Waals surface area (Å²) in [5.41, 5.74) is 1.12. The maximum absolute atomic E-state index is 5.64. The molecule has 1 atom stereocenters. The van der Waals surface area contributed by atoms with E-state index in [4.69, 9.17) is 9.47 Å². The Bertz CT molecular complexity index is 376. The molecule has 0 saturated heterocycles. The van der Waals surface area contributed by atoms with Gasteiger partial charge in [0.05, 0.1) is 12.2 Å². The van der Waals surface area contributed by atoms with Crippen molar-refractivity contribution in [3.8, 4) is 5.75 Å². The second-order valence-corrected chi connectivity index (χ2v) is 5.07. The largest absolute Gasteiger partial charge is 0.493 e. The molecule has 0 bridgehead atoms. The molecular weight excluding hydrogens is 214 g/mol. The summed E-state index contributed by atoms with van der Waals surface area (Å²) < 4.78 is 11.1. The SMILES string of the molecule is COC(C)(C)CNC1CCOc2ccccc21. The molecule has 0 radical (unpaired) electrons. The van der Waals surface area contributed by atoms with Gasteiger partial charge in [0.25, 0.3) is 0 Å². The molecule has 1 unspecified atom stereocenters. The van der Waals surface area contributed by atoms with Crippen molar-refractivity contribution in [3.05, 3.63) is 29.8 Å². The molecule has 3 heteroatoms. The maximum Gasteiger partial charge on any atom is 0.124 e. The molecule has 0 amide bonds. The third kappa shape index (κ3) is 2.99. The summed E-state index contributed by atoms with van der Waals surface area (Å²) in [6, 6.07) is 8.61. The maximum atomic E-state index is 5.64. The number of methoxy groups -OCH3 is 1. The number of benzene rings is 1. The minimum atomic E-state index is -0.132. The zero-order valence-electron chi connectivity index (χ0n) is 10.8. The number of ether oxygens (including phenoxy) is 2. The Morgan fingerprint density at radius 2 is 2.18 bits per heavy atom. The molecule has 0 spiro atoms. The molecular formula is C14H21NO2. The molecule has 1 heterocycles. The molecule has 17 heavy (non-hydrogen) atoms. The monoisotopic (exact) mass is 235 g/mol. The fraction of sp³-hybridized carbons (Fsp3) is 0.571. The summed E-state index contributed by atoms with van der Waals surface area (Å²) in [6.07, 6.45) is 1.01. The molecule has 1 aliphatic rings. The molecule has 0 fully saturated rings. The summed E-state index contributed by atoms with van der Waals surface area (Å²) in [5, 5.41) is 3.56. The Morgan fingerprint density at radius 1 is 1.41 bits per heavy atom. The molecule has 0 saturated carbocycles. The van der Waals surface area contributed by atoms with Gasteiger partial charge in [0.1, 0.15) is 5.75 Å². The Kier molecular flexibility index (Phi) is 3.69. The first-order valence-electron chi connectivity index (χ1n) is 6.13. The lowest BCUT2D eigenvalue weighted by Crippen LogP contribution is -2.39. The summed E-state index contributed by atoms with van der Waals surface area (Å²) in [6.45, 7) is 5.79. The van der Waals surface area contributed by atoms with Crippen LogP contribution in [0.5, 0.6) is 5.75 Å². The van der Waals surface area contributed by atoms with Gasteiger partial charge in [-0.25, -0.2) is 0 Å². The molecule has 1 N–H and O–H groups in total. The van der Waals surface area contributed by atoms with Gasteiger partial charge < -0.3 is 14.8 Å². The van der Waals surface area contributed by atoms with Crippen LogP contribution in [-0.2, 0) is 4.74 Å². The number of fused-ring (bicyclic) bond motifs is 1. The van der Waals surface area contributed by atoms with Crippen molar-refractivity contribution < 1.29 is 9.47 Å². The quantitative estimate of drug-likeness (QED) is 0.870. The molecule has 0 aliphatic carbocycles. The summed E-state index contributed by atoms with van der Waals surface area (Å²) in [5.74, 6) is 1.01. The van der Waals surface area contributed by atoms with Gasteiger partial charge >= 0.3 is 0 Å². The second-order valence-electron chi connectivity index (χ2n) is 5.07. The number of rotatable bonds is 4. The highest BCUT2D eigenvalue weighted by Crippen LogP contribution is 2.31. The van der Waals surface area contributed by atoms with Crippen LogP contribution in [0.2, 0.25) is 0 Å². The van der Waals surface area contributed by atoms with Crippen LogP contribution in [0.15, 0.2) is 24.3 Å². The summed E-state index contributed by atoms with van der Waals surface area (Å²) in [7, 11) is 1.75. The number of hydrogen-bond donors (Lipinski definition) is 1. The van der Waals surface area contributed by atoms with E-state index in [1.54, 1.807) is 7.11 Å². The van der Waals surface area contributed by atoms with Crippen molar-refractivity contribution in [1.29, 1.82) is 0 Å². The number of hydrogen-bond acceptors (Lipinski definition) is 3. The highest BCUT2D eigenvalue weighted by Gasteiger charge is 2.23. The average Bonchev–Trinajstić information content (AvgIpc) is 2.36. The van der Waals surface area contributed by atoms with Crippen molar-refractivity contribution in [2.75, 3.05) is 20.3 Å². The van der Waals surface area contributed by atoms with Crippen molar-refractivity contribution in [2.45, 2.75) is 31.9 Å². The van der Waals surface area contributed by atoms with Gasteiger partial charge in [0.15, 0.2) is 0 Å². The van der Waals surface area contributed by atoms with Crippen LogP contribution in [-0.4, -0.2) is 25.9 Å². The molecule has 1 aliphatic heterocycles. The van der Waals surface area contributed by atoms with E-state index in [9.17, 15) is 0 Å². The van der Waals surface area contributed by atoms with Gasteiger partial charge in [0, 0.05) is 31.7 Å². The van der Waals surface area contributed by atoms with Crippen LogP contribution < -0.4 is 10.1 Å². The Morgan fingerprint density at radius 3 is 2.94 bits per heavy atom. The van der Waals surface area contributed by atoms with E-state index >= 15 is 0 Å². The Hall–Kier alpha value is -1.06. The summed E-state index contributed by atoms with van der Waals surface area (Å²) in [4.78, 5) is 0. The van der Waals surface area contributed by atoms with Crippen LogP contribution in [0.25, 0.3) is 0 Å². The first-order chi connectivity index (χ1) is 8.12. The van der Waals surface area contributed by atoms with Gasteiger partial charge in [-0.3, -0.25) is 0 Å². The van der Waals surface area contributed by atoms with Crippen LogP contribution in [0.3, 0.4) is 0 Å².